The second-order valence-electron chi connectivity index (χ2n) is 5.28. The molecule has 0 saturated heterocycles. The van der Waals surface area contributed by atoms with Crippen LogP contribution in [0.4, 0.5) is 11.4 Å². The van der Waals surface area contributed by atoms with E-state index in [1.54, 1.807) is 44.2 Å². The Morgan fingerprint density at radius 3 is 2.31 bits per heavy atom. The number of benzene rings is 2. The highest BCUT2D eigenvalue weighted by atomic mass is 35.5. The normalized spacial score (nSPS) is 12.6. The van der Waals surface area contributed by atoms with Crippen molar-refractivity contribution in [1.82, 2.24) is 0 Å². The highest BCUT2D eigenvalue weighted by Crippen LogP contribution is 2.61. The standard InChI is InChI=1S/C17H20ClN2O5P/c1-3-24-26(23,25-4-2)17(19-15-10-8-14(18)9-11-15)13-6-5-7-16(12-13)20(21)22/h5-12,17,19H,3-4H2,1-2H3. The Bertz CT molecular complexity index is 790. The zero-order chi connectivity index (χ0) is 19.2. The molecule has 0 aliphatic rings. The van der Waals surface area contributed by atoms with Crippen LogP contribution in [0, 0.1) is 10.1 Å². The number of halogens is 1. The predicted molar refractivity (Wildman–Crippen MR) is 102 cm³/mol. The zero-order valence-electron chi connectivity index (χ0n) is 14.4. The Kier molecular flexibility index (Phi) is 7.17. The molecule has 0 spiro atoms. The first-order valence-corrected chi connectivity index (χ1v) is 10.0. The molecule has 0 bridgehead atoms. The maximum atomic E-state index is 13.4. The van der Waals surface area contributed by atoms with E-state index in [4.69, 9.17) is 20.6 Å². The summed E-state index contributed by atoms with van der Waals surface area (Å²) in [6.07, 6.45) is 0. The lowest BCUT2D eigenvalue weighted by Gasteiger charge is -2.28. The van der Waals surface area contributed by atoms with Gasteiger partial charge in [0.2, 0.25) is 0 Å². The molecular formula is C17H20ClN2O5P. The predicted octanol–water partition coefficient (Wildman–Crippen LogP) is 5.63. The second kappa shape index (κ2) is 9.14. The summed E-state index contributed by atoms with van der Waals surface area (Å²) >= 11 is 5.90. The highest BCUT2D eigenvalue weighted by Gasteiger charge is 2.37. The number of nitrogens with zero attached hydrogens (tertiary/aromatic N) is 1. The van der Waals surface area contributed by atoms with Crippen molar-refractivity contribution in [3.8, 4) is 0 Å². The van der Waals surface area contributed by atoms with Crippen LogP contribution in [0.1, 0.15) is 25.2 Å². The van der Waals surface area contributed by atoms with E-state index >= 15 is 0 Å². The maximum Gasteiger partial charge on any atom is 0.357 e. The molecule has 0 aliphatic carbocycles. The second-order valence-corrected chi connectivity index (χ2v) is 7.83. The van der Waals surface area contributed by atoms with E-state index in [0.717, 1.165) is 0 Å². The van der Waals surface area contributed by atoms with Crippen LogP contribution in [0.15, 0.2) is 48.5 Å². The minimum atomic E-state index is -3.65. The Labute approximate surface area is 157 Å². The molecule has 1 N–H and O–H groups in total. The summed E-state index contributed by atoms with van der Waals surface area (Å²) in [6, 6.07) is 12.7. The third kappa shape index (κ3) is 5.05. The Morgan fingerprint density at radius 1 is 1.15 bits per heavy atom. The third-order valence-corrected chi connectivity index (χ3v) is 6.03. The van der Waals surface area contributed by atoms with Crippen molar-refractivity contribution < 1.29 is 18.5 Å². The lowest BCUT2D eigenvalue weighted by atomic mass is 10.2. The largest absolute Gasteiger partial charge is 0.368 e. The molecular weight excluding hydrogens is 379 g/mol. The lowest BCUT2D eigenvalue weighted by Crippen LogP contribution is -2.15. The number of non-ortho nitro benzene ring substituents is 1. The smallest absolute Gasteiger partial charge is 0.357 e. The molecule has 0 aromatic heterocycles. The van der Waals surface area contributed by atoms with Crippen LogP contribution in [0.25, 0.3) is 0 Å². The van der Waals surface area contributed by atoms with Crippen LogP contribution in [0.3, 0.4) is 0 Å². The number of rotatable bonds is 9. The molecule has 0 heterocycles. The molecule has 0 saturated carbocycles. The molecule has 2 rings (SSSR count). The average molecular weight is 399 g/mol. The molecule has 0 fully saturated rings. The molecule has 26 heavy (non-hydrogen) atoms. The van der Waals surface area contributed by atoms with Crippen molar-refractivity contribution in [2.24, 2.45) is 0 Å². The molecule has 0 amide bonds. The molecule has 140 valence electrons. The first-order chi connectivity index (χ1) is 12.4. The molecule has 7 nitrogen and oxygen atoms in total. The highest BCUT2D eigenvalue weighted by molar-refractivity contribution is 7.54. The number of hydrogen-bond donors (Lipinski definition) is 1. The van der Waals surface area contributed by atoms with Gasteiger partial charge in [-0.3, -0.25) is 14.7 Å². The fourth-order valence-electron chi connectivity index (χ4n) is 2.40. The van der Waals surface area contributed by atoms with Gasteiger partial charge in [-0.15, -0.1) is 0 Å². The van der Waals surface area contributed by atoms with Gasteiger partial charge >= 0.3 is 7.60 Å². The minimum absolute atomic E-state index is 0.107. The summed E-state index contributed by atoms with van der Waals surface area (Å²) in [5, 5.41) is 14.8. The summed E-state index contributed by atoms with van der Waals surface area (Å²) in [5.74, 6) is -0.913. The fourth-order valence-corrected chi connectivity index (χ4v) is 4.45. The van der Waals surface area contributed by atoms with Crippen molar-refractivity contribution >= 4 is 30.6 Å². The summed E-state index contributed by atoms with van der Waals surface area (Å²) in [4.78, 5) is 10.6. The average Bonchev–Trinajstić information content (AvgIpc) is 2.61. The van der Waals surface area contributed by atoms with Gasteiger partial charge in [-0.05, 0) is 43.7 Å². The zero-order valence-corrected chi connectivity index (χ0v) is 16.1. The van der Waals surface area contributed by atoms with Crippen LogP contribution in [-0.4, -0.2) is 18.1 Å². The van der Waals surface area contributed by atoms with E-state index in [1.165, 1.54) is 18.2 Å². The Hall–Kier alpha value is -1.92. The Morgan fingerprint density at radius 2 is 1.77 bits per heavy atom. The first kappa shape index (κ1) is 20.4. The molecule has 0 radical (unpaired) electrons. The van der Waals surface area contributed by atoms with Crippen molar-refractivity contribution in [3.63, 3.8) is 0 Å². The van der Waals surface area contributed by atoms with E-state index in [0.29, 0.717) is 16.3 Å². The molecule has 0 aliphatic heterocycles. The van der Waals surface area contributed by atoms with Crippen LogP contribution in [-0.2, 0) is 13.6 Å². The van der Waals surface area contributed by atoms with E-state index < -0.39 is 18.3 Å². The fraction of sp³-hybridized carbons (Fsp3) is 0.294. The SMILES string of the molecule is CCOP(=O)(OCC)C(Nc1ccc(Cl)cc1)c1cccc([N+](=O)[O-])c1. The van der Waals surface area contributed by atoms with Gasteiger partial charge in [-0.2, -0.15) is 0 Å². The lowest BCUT2D eigenvalue weighted by molar-refractivity contribution is -0.384. The van der Waals surface area contributed by atoms with E-state index in [9.17, 15) is 14.7 Å². The number of anilines is 1. The van der Waals surface area contributed by atoms with Gasteiger partial charge in [0.15, 0.2) is 5.78 Å². The molecule has 2 aromatic carbocycles. The number of nitro benzene ring substituents is 1. The van der Waals surface area contributed by atoms with Crippen LogP contribution in [0.2, 0.25) is 5.02 Å². The van der Waals surface area contributed by atoms with Crippen molar-refractivity contribution in [2.45, 2.75) is 19.6 Å². The minimum Gasteiger partial charge on any atom is -0.368 e. The molecule has 1 unspecified atom stereocenters. The molecule has 1 atom stereocenters. The van der Waals surface area contributed by atoms with Gasteiger partial charge in [0.05, 0.1) is 18.1 Å². The molecule has 9 heteroatoms. The number of nitro groups is 1. The van der Waals surface area contributed by atoms with E-state index in [2.05, 4.69) is 5.32 Å². The van der Waals surface area contributed by atoms with Gasteiger partial charge in [-0.1, -0.05) is 23.7 Å². The van der Waals surface area contributed by atoms with E-state index in [1.807, 2.05) is 0 Å². The summed E-state index contributed by atoms with van der Waals surface area (Å²) in [7, 11) is -3.65. The quantitative estimate of drug-likeness (QED) is 0.334. The van der Waals surface area contributed by atoms with Crippen molar-refractivity contribution in [2.75, 3.05) is 18.5 Å². The third-order valence-electron chi connectivity index (χ3n) is 3.48. The number of nitrogens with one attached hydrogen (secondary N) is 1. The van der Waals surface area contributed by atoms with E-state index in [-0.39, 0.29) is 18.9 Å². The first-order valence-electron chi connectivity index (χ1n) is 8.05. The van der Waals surface area contributed by atoms with Gasteiger partial charge in [-0.25, -0.2) is 0 Å². The van der Waals surface area contributed by atoms with Gasteiger partial charge in [0, 0.05) is 22.8 Å². The van der Waals surface area contributed by atoms with Gasteiger partial charge < -0.3 is 14.4 Å². The topological polar surface area (TPSA) is 90.7 Å². The monoisotopic (exact) mass is 398 g/mol. The van der Waals surface area contributed by atoms with Crippen molar-refractivity contribution in [1.29, 1.82) is 0 Å². The van der Waals surface area contributed by atoms with Crippen LogP contribution >= 0.6 is 19.2 Å². The van der Waals surface area contributed by atoms with Gasteiger partial charge in [0.25, 0.3) is 5.69 Å². The maximum absolute atomic E-state index is 13.4. The summed E-state index contributed by atoms with van der Waals surface area (Å²) in [5.41, 5.74) is 0.954. The van der Waals surface area contributed by atoms with Crippen molar-refractivity contribution in [3.05, 3.63) is 69.2 Å². The number of hydrogen-bond acceptors (Lipinski definition) is 6. The van der Waals surface area contributed by atoms with Crippen LogP contribution < -0.4 is 5.32 Å². The summed E-state index contributed by atoms with van der Waals surface area (Å²) in [6.45, 7) is 3.76. The van der Waals surface area contributed by atoms with Crippen LogP contribution in [0.5, 0.6) is 0 Å². The van der Waals surface area contributed by atoms with Gasteiger partial charge in [0.1, 0.15) is 0 Å². The summed E-state index contributed by atoms with van der Waals surface area (Å²) < 4.78 is 24.3. The Balaban J connectivity index is 2.49. The molecule has 2 aromatic rings.